The first kappa shape index (κ1) is 15.5. The number of rotatable bonds is 2. The molecule has 1 amide bonds. The first-order chi connectivity index (χ1) is 8.67. The smallest absolute Gasteiger partial charge is 0.407 e. The number of nitrogens with zero attached hydrogens (tertiary/aromatic N) is 1. The predicted octanol–water partition coefficient (Wildman–Crippen LogP) is 2.08. The van der Waals surface area contributed by atoms with Crippen LogP contribution in [0, 0.1) is 0 Å². The fourth-order valence-corrected chi connectivity index (χ4v) is 1.98. The van der Waals surface area contributed by atoms with E-state index in [1.807, 2.05) is 46.0 Å². The molecule has 0 aromatic carbocycles. The summed E-state index contributed by atoms with van der Waals surface area (Å²) in [4.78, 5) is 25.3. The minimum Gasteiger partial charge on any atom is -0.444 e. The van der Waals surface area contributed by atoms with Gasteiger partial charge in [-0.1, -0.05) is 0 Å². The Hall–Kier alpha value is -1.52. The number of hydrogen-bond donors (Lipinski definition) is 1. The summed E-state index contributed by atoms with van der Waals surface area (Å²) in [6.45, 7) is 5.48. The molecule has 1 fully saturated rings. The van der Waals surface area contributed by atoms with Crippen LogP contribution >= 0.6 is 0 Å². The van der Waals surface area contributed by atoms with Gasteiger partial charge in [-0.05, 0) is 33.6 Å². The van der Waals surface area contributed by atoms with E-state index in [1.54, 1.807) is 0 Å². The van der Waals surface area contributed by atoms with E-state index < -0.39 is 11.7 Å². The number of alkyl carbamates (subject to hydrolysis) is 1. The van der Waals surface area contributed by atoms with Crippen molar-refractivity contribution >= 4 is 11.9 Å². The molecule has 5 heteroatoms. The van der Waals surface area contributed by atoms with Gasteiger partial charge in [0.2, 0.25) is 0 Å². The van der Waals surface area contributed by atoms with Crippen LogP contribution in [-0.4, -0.2) is 42.5 Å². The van der Waals surface area contributed by atoms with Crippen LogP contribution in [0.4, 0.5) is 4.79 Å². The number of ketones is 1. The van der Waals surface area contributed by atoms with Crippen molar-refractivity contribution in [2.24, 2.45) is 0 Å². The molecule has 19 heavy (non-hydrogen) atoms. The molecule has 0 bridgehead atoms. The molecule has 1 atom stereocenters. The first-order valence-electron chi connectivity index (χ1n) is 6.57. The van der Waals surface area contributed by atoms with Gasteiger partial charge in [-0.15, -0.1) is 0 Å². The Kier molecular flexibility index (Phi) is 4.97. The standard InChI is InChI=1S/C14H24N2O3/c1-14(2,3)19-13(18)15-11-6-7-12(17)10(8-11)9-16(4)5/h9,11H,6-8H2,1-5H3,(H,15,18). The normalized spacial score (nSPS) is 22.3. The number of carbonyl (C=O) groups excluding carboxylic acids is 2. The topological polar surface area (TPSA) is 58.6 Å². The van der Waals surface area contributed by atoms with Crippen molar-refractivity contribution < 1.29 is 14.3 Å². The van der Waals surface area contributed by atoms with Crippen molar-refractivity contribution in [3.8, 4) is 0 Å². The molecule has 0 saturated heterocycles. The van der Waals surface area contributed by atoms with E-state index in [2.05, 4.69) is 5.32 Å². The number of carbonyl (C=O) groups is 2. The zero-order valence-electron chi connectivity index (χ0n) is 12.4. The Morgan fingerprint density at radius 1 is 1.42 bits per heavy atom. The van der Waals surface area contributed by atoms with Crippen molar-refractivity contribution in [3.05, 3.63) is 11.8 Å². The number of hydrogen-bond acceptors (Lipinski definition) is 4. The lowest BCUT2D eigenvalue weighted by atomic mass is 9.90. The van der Waals surface area contributed by atoms with E-state index >= 15 is 0 Å². The summed E-state index contributed by atoms with van der Waals surface area (Å²) >= 11 is 0. The predicted molar refractivity (Wildman–Crippen MR) is 73.8 cm³/mol. The third-order valence-corrected chi connectivity index (χ3v) is 2.68. The molecule has 0 radical (unpaired) electrons. The largest absolute Gasteiger partial charge is 0.444 e. The lowest BCUT2D eigenvalue weighted by Crippen LogP contribution is -2.41. The van der Waals surface area contributed by atoms with Gasteiger partial charge < -0.3 is 15.0 Å². The Bertz CT molecular complexity index is 381. The monoisotopic (exact) mass is 268 g/mol. The van der Waals surface area contributed by atoms with Crippen LogP contribution < -0.4 is 5.32 Å². The Balaban J connectivity index is 2.57. The van der Waals surface area contributed by atoms with E-state index in [1.165, 1.54) is 0 Å². The Morgan fingerprint density at radius 2 is 2.05 bits per heavy atom. The molecule has 0 aromatic heterocycles. The van der Waals surface area contributed by atoms with Gasteiger partial charge in [0.25, 0.3) is 0 Å². The molecule has 1 aliphatic rings. The number of nitrogens with one attached hydrogen (secondary N) is 1. The second-order valence-corrected chi connectivity index (χ2v) is 6.13. The molecular formula is C14H24N2O3. The number of ether oxygens (including phenoxy) is 1. The maximum absolute atomic E-state index is 11.8. The van der Waals surface area contributed by atoms with Crippen molar-refractivity contribution in [2.45, 2.75) is 51.7 Å². The van der Waals surface area contributed by atoms with Crippen LogP contribution in [0.3, 0.4) is 0 Å². The Morgan fingerprint density at radius 3 is 2.58 bits per heavy atom. The second kappa shape index (κ2) is 6.08. The molecule has 1 unspecified atom stereocenters. The molecule has 1 N–H and O–H groups in total. The van der Waals surface area contributed by atoms with Gasteiger partial charge in [0.05, 0.1) is 0 Å². The summed E-state index contributed by atoms with van der Waals surface area (Å²) in [5.41, 5.74) is 0.258. The molecule has 108 valence electrons. The van der Waals surface area contributed by atoms with Crippen LogP contribution in [0.25, 0.3) is 0 Å². The lowest BCUT2D eigenvalue weighted by molar-refractivity contribution is -0.116. The van der Waals surface area contributed by atoms with Gasteiger partial charge in [-0.3, -0.25) is 4.79 Å². The first-order valence-corrected chi connectivity index (χ1v) is 6.57. The molecule has 1 rings (SSSR count). The summed E-state index contributed by atoms with van der Waals surface area (Å²) in [7, 11) is 3.76. The zero-order valence-corrected chi connectivity index (χ0v) is 12.4. The van der Waals surface area contributed by atoms with Gasteiger partial charge in [0, 0.05) is 38.3 Å². The molecule has 1 aliphatic carbocycles. The molecule has 5 nitrogen and oxygen atoms in total. The van der Waals surface area contributed by atoms with Crippen molar-refractivity contribution in [1.82, 2.24) is 10.2 Å². The maximum Gasteiger partial charge on any atom is 0.407 e. The van der Waals surface area contributed by atoms with Crippen molar-refractivity contribution in [2.75, 3.05) is 14.1 Å². The highest BCUT2D eigenvalue weighted by molar-refractivity contribution is 5.96. The van der Waals surface area contributed by atoms with Gasteiger partial charge in [0.15, 0.2) is 5.78 Å². The summed E-state index contributed by atoms with van der Waals surface area (Å²) < 4.78 is 5.22. The molecule has 0 aliphatic heterocycles. The van der Waals surface area contributed by atoms with E-state index in [9.17, 15) is 9.59 Å². The summed E-state index contributed by atoms with van der Waals surface area (Å²) in [6.07, 6.45) is 3.11. The summed E-state index contributed by atoms with van der Waals surface area (Å²) in [6, 6.07) is -0.0289. The second-order valence-electron chi connectivity index (χ2n) is 6.13. The molecule has 0 aromatic rings. The fraction of sp³-hybridized carbons (Fsp3) is 0.714. The van der Waals surface area contributed by atoms with E-state index in [4.69, 9.17) is 4.74 Å². The summed E-state index contributed by atoms with van der Waals surface area (Å²) in [5.74, 6) is 0.163. The molecule has 0 spiro atoms. The van der Waals surface area contributed by atoms with E-state index in [-0.39, 0.29) is 11.8 Å². The highest BCUT2D eigenvalue weighted by atomic mass is 16.6. The quantitative estimate of drug-likeness (QED) is 0.779. The zero-order chi connectivity index (χ0) is 14.6. The van der Waals surface area contributed by atoms with Gasteiger partial charge in [0.1, 0.15) is 5.60 Å². The third kappa shape index (κ3) is 5.77. The van der Waals surface area contributed by atoms with Crippen LogP contribution in [0.5, 0.6) is 0 Å². The van der Waals surface area contributed by atoms with Gasteiger partial charge in [-0.25, -0.2) is 4.79 Å². The summed E-state index contributed by atoms with van der Waals surface area (Å²) in [5, 5.41) is 2.83. The SMILES string of the molecule is CN(C)C=C1CC(NC(=O)OC(C)(C)C)CCC1=O. The number of amides is 1. The highest BCUT2D eigenvalue weighted by Crippen LogP contribution is 2.21. The van der Waals surface area contributed by atoms with Crippen LogP contribution in [0.15, 0.2) is 11.8 Å². The average Bonchev–Trinajstić information content (AvgIpc) is 2.19. The molecule has 1 saturated carbocycles. The maximum atomic E-state index is 11.8. The third-order valence-electron chi connectivity index (χ3n) is 2.68. The fourth-order valence-electron chi connectivity index (χ4n) is 1.98. The van der Waals surface area contributed by atoms with Crippen LogP contribution in [-0.2, 0) is 9.53 Å². The van der Waals surface area contributed by atoms with Crippen LogP contribution in [0.2, 0.25) is 0 Å². The highest BCUT2D eigenvalue weighted by Gasteiger charge is 2.26. The minimum absolute atomic E-state index is 0.0289. The van der Waals surface area contributed by atoms with Crippen LogP contribution in [0.1, 0.15) is 40.0 Å². The lowest BCUT2D eigenvalue weighted by Gasteiger charge is -2.27. The van der Waals surface area contributed by atoms with Crippen molar-refractivity contribution in [3.63, 3.8) is 0 Å². The average molecular weight is 268 g/mol. The minimum atomic E-state index is -0.503. The molecule has 0 heterocycles. The van der Waals surface area contributed by atoms with Gasteiger partial charge in [-0.2, -0.15) is 0 Å². The molecular weight excluding hydrogens is 244 g/mol. The Labute approximate surface area is 115 Å². The van der Waals surface area contributed by atoms with E-state index in [0.29, 0.717) is 19.3 Å². The van der Waals surface area contributed by atoms with Gasteiger partial charge >= 0.3 is 6.09 Å². The van der Waals surface area contributed by atoms with E-state index in [0.717, 1.165) is 5.57 Å². The van der Waals surface area contributed by atoms with Crippen molar-refractivity contribution in [1.29, 1.82) is 0 Å². The number of Topliss-reactive ketones (excluding diaryl/α,β-unsaturated/α-hetero) is 1.